The van der Waals surface area contributed by atoms with Crippen molar-refractivity contribution in [2.45, 2.75) is 64.9 Å². The molecule has 3 nitrogen and oxygen atoms in total. The third-order valence-corrected chi connectivity index (χ3v) is 4.08. The van der Waals surface area contributed by atoms with Gasteiger partial charge in [0.25, 0.3) is 0 Å². The van der Waals surface area contributed by atoms with Crippen LogP contribution in [0.1, 0.15) is 46.6 Å². The average Bonchev–Trinajstić information content (AvgIpc) is 2.57. The summed E-state index contributed by atoms with van der Waals surface area (Å²) in [6.45, 7) is 12.2. The molecule has 2 rings (SSSR count). The minimum Gasteiger partial charge on any atom is -0.487 e. The molecule has 1 unspecified atom stereocenters. The summed E-state index contributed by atoms with van der Waals surface area (Å²) in [5.74, 6) is 0.889. The SMILES string of the molecule is CCNCc1cc(Cl)ccc1OC1CC(C)(C)OC1(C)C. The molecule has 1 aromatic carbocycles. The van der Waals surface area contributed by atoms with E-state index >= 15 is 0 Å². The lowest BCUT2D eigenvalue weighted by atomic mass is 9.97. The van der Waals surface area contributed by atoms with Crippen LogP contribution in [0, 0.1) is 0 Å². The molecule has 0 amide bonds. The van der Waals surface area contributed by atoms with Crippen LogP contribution in [0.25, 0.3) is 0 Å². The Bertz CT molecular complexity index is 500. The minimum atomic E-state index is -0.293. The molecule has 1 fully saturated rings. The zero-order valence-electron chi connectivity index (χ0n) is 13.6. The number of halogens is 1. The van der Waals surface area contributed by atoms with E-state index in [0.29, 0.717) is 0 Å². The topological polar surface area (TPSA) is 30.5 Å². The molecule has 0 bridgehead atoms. The quantitative estimate of drug-likeness (QED) is 0.885. The van der Waals surface area contributed by atoms with E-state index in [1.807, 2.05) is 18.2 Å². The van der Waals surface area contributed by atoms with Gasteiger partial charge in [-0.25, -0.2) is 0 Å². The molecule has 0 aliphatic carbocycles. The highest BCUT2D eigenvalue weighted by Gasteiger charge is 2.47. The fraction of sp³-hybridized carbons (Fsp3) is 0.647. The molecule has 21 heavy (non-hydrogen) atoms. The Balaban J connectivity index is 2.19. The van der Waals surface area contributed by atoms with Crippen LogP contribution in [0.5, 0.6) is 5.75 Å². The van der Waals surface area contributed by atoms with Crippen LogP contribution in [0.3, 0.4) is 0 Å². The second kappa shape index (κ2) is 6.15. The molecule has 0 aromatic heterocycles. The van der Waals surface area contributed by atoms with Gasteiger partial charge in [0, 0.05) is 23.6 Å². The van der Waals surface area contributed by atoms with E-state index in [9.17, 15) is 0 Å². The summed E-state index contributed by atoms with van der Waals surface area (Å²) in [7, 11) is 0. The van der Waals surface area contributed by atoms with Crippen molar-refractivity contribution in [2.24, 2.45) is 0 Å². The summed E-state index contributed by atoms with van der Waals surface area (Å²) in [4.78, 5) is 0. The van der Waals surface area contributed by atoms with Gasteiger partial charge in [-0.1, -0.05) is 18.5 Å². The van der Waals surface area contributed by atoms with Gasteiger partial charge < -0.3 is 14.8 Å². The van der Waals surface area contributed by atoms with Crippen molar-refractivity contribution in [3.63, 3.8) is 0 Å². The smallest absolute Gasteiger partial charge is 0.130 e. The first kappa shape index (κ1) is 16.6. The zero-order valence-corrected chi connectivity index (χ0v) is 14.4. The van der Waals surface area contributed by atoms with Crippen LogP contribution >= 0.6 is 11.6 Å². The van der Waals surface area contributed by atoms with E-state index in [4.69, 9.17) is 21.1 Å². The number of hydrogen-bond donors (Lipinski definition) is 1. The van der Waals surface area contributed by atoms with E-state index in [1.165, 1.54) is 0 Å². The number of rotatable bonds is 5. The fourth-order valence-electron chi connectivity index (χ4n) is 2.91. The van der Waals surface area contributed by atoms with Crippen molar-refractivity contribution in [3.8, 4) is 5.75 Å². The van der Waals surface area contributed by atoms with Gasteiger partial charge in [-0.05, 0) is 52.4 Å². The van der Waals surface area contributed by atoms with Crippen LogP contribution in [-0.2, 0) is 11.3 Å². The molecule has 1 saturated heterocycles. The van der Waals surface area contributed by atoms with Crippen molar-refractivity contribution in [3.05, 3.63) is 28.8 Å². The largest absolute Gasteiger partial charge is 0.487 e. The highest BCUT2D eigenvalue weighted by atomic mass is 35.5. The minimum absolute atomic E-state index is 0.0362. The van der Waals surface area contributed by atoms with E-state index in [1.54, 1.807) is 0 Å². The second-order valence-electron chi connectivity index (χ2n) is 6.81. The molecule has 0 saturated carbocycles. The van der Waals surface area contributed by atoms with E-state index < -0.39 is 0 Å². The molecular weight excluding hydrogens is 286 g/mol. The van der Waals surface area contributed by atoms with E-state index in [-0.39, 0.29) is 17.3 Å². The zero-order chi connectivity index (χ0) is 15.7. The maximum atomic E-state index is 6.29. The predicted molar refractivity (Wildman–Crippen MR) is 87.1 cm³/mol. The van der Waals surface area contributed by atoms with Gasteiger partial charge in [0.1, 0.15) is 17.5 Å². The van der Waals surface area contributed by atoms with E-state index in [0.717, 1.165) is 35.8 Å². The lowest BCUT2D eigenvalue weighted by molar-refractivity contribution is -0.0846. The first-order valence-corrected chi connectivity index (χ1v) is 7.97. The average molecular weight is 312 g/mol. The van der Waals surface area contributed by atoms with Gasteiger partial charge in [0.05, 0.1) is 5.60 Å². The summed E-state index contributed by atoms with van der Waals surface area (Å²) < 4.78 is 12.4. The van der Waals surface area contributed by atoms with Crippen molar-refractivity contribution >= 4 is 11.6 Å². The van der Waals surface area contributed by atoms with Crippen LogP contribution in [0.2, 0.25) is 5.02 Å². The van der Waals surface area contributed by atoms with Crippen LogP contribution in [0.4, 0.5) is 0 Å². The summed E-state index contributed by atoms with van der Waals surface area (Å²) in [5.41, 5.74) is 0.644. The van der Waals surface area contributed by atoms with Crippen molar-refractivity contribution in [1.82, 2.24) is 5.32 Å². The number of ether oxygens (including phenoxy) is 2. The number of nitrogens with one attached hydrogen (secondary N) is 1. The first-order valence-electron chi connectivity index (χ1n) is 7.59. The highest BCUT2D eigenvalue weighted by molar-refractivity contribution is 6.30. The van der Waals surface area contributed by atoms with Crippen LogP contribution in [0.15, 0.2) is 18.2 Å². The molecular formula is C17H26ClNO2. The molecule has 1 heterocycles. The van der Waals surface area contributed by atoms with E-state index in [2.05, 4.69) is 39.9 Å². The van der Waals surface area contributed by atoms with Gasteiger partial charge >= 0.3 is 0 Å². The second-order valence-corrected chi connectivity index (χ2v) is 7.24. The van der Waals surface area contributed by atoms with Gasteiger partial charge in [-0.15, -0.1) is 0 Å². The molecule has 0 spiro atoms. The molecule has 1 aliphatic rings. The standard InChI is InChI=1S/C17H26ClNO2/c1-6-19-11-12-9-13(18)7-8-14(12)20-15-10-16(2,3)21-17(15,4)5/h7-9,15,19H,6,10-11H2,1-5H3. The number of hydrogen-bond acceptors (Lipinski definition) is 3. The molecule has 1 aliphatic heterocycles. The van der Waals surface area contributed by atoms with Gasteiger partial charge in [0.2, 0.25) is 0 Å². The molecule has 1 aromatic rings. The Hall–Kier alpha value is -0.770. The normalized spacial score (nSPS) is 23.2. The van der Waals surface area contributed by atoms with Gasteiger partial charge in [-0.2, -0.15) is 0 Å². The number of benzene rings is 1. The first-order chi connectivity index (χ1) is 9.73. The summed E-state index contributed by atoms with van der Waals surface area (Å²) in [6.07, 6.45) is 0.914. The summed E-state index contributed by atoms with van der Waals surface area (Å²) >= 11 is 6.11. The Morgan fingerprint density at radius 3 is 2.62 bits per heavy atom. The van der Waals surface area contributed by atoms with Crippen molar-refractivity contribution in [1.29, 1.82) is 0 Å². The Morgan fingerprint density at radius 1 is 1.33 bits per heavy atom. The fourth-order valence-corrected chi connectivity index (χ4v) is 3.10. The summed E-state index contributed by atoms with van der Waals surface area (Å²) in [6, 6.07) is 5.80. The van der Waals surface area contributed by atoms with Crippen molar-refractivity contribution in [2.75, 3.05) is 6.54 Å². The van der Waals surface area contributed by atoms with Crippen LogP contribution in [-0.4, -0.2) is 23.9 Å². The molecule has 118 valence electrons. The third kappa shape index (κ3) is 4.12. The molecule has 1 N–H and O–H groups in total. The van der Waals surface area contributed by atoms with Gasteiger partial charge in [-0.3, -0.25) is 0 Å². The monoisotopic (exact) mass is 311 g/mol. The summed E-state index contributed by atoms with van der Waals surface area (Å²) in [5, 5.41) is 4.06. The maximum absolute atomic E-state index is 6.29. The molecule has 0 radical (unpaired) electrons. The molecule has 4 heteroatoms. The van der Waals surface area contributed by atoms with Gasteiger partial charge in [0.15, 0.2) is 0 Å². The van der Waals surface area contributed by atoms with Crippen LogP contribution < -0.4 is 10.1 Å². The third-order valence-electron chi connectivity index (χ3n) is 3.85. The Kier molecular flexibility index (Phi) is 4.86. The maximum Gasteiger partial charge on any atom is 0.130 e. The Morgan fingerprint density at radius 2 is 2.05 bits per heavy atom. The molecule has 1 atom stereocenters. The lowest BCUT2D eigenvalue weighted by Gasteiger charge is -2.28. The highest BCUT2D eigenvalue weighted by Crippen LogP contribution is 2.40. The Labute approximate surface area is 133 Å². The van der Waals surface area contributed by atoms with Crippen molar-refractivity contribution < 1.29 is 9.47 Å². The lowest BCUT2D eigenvalue weighted by Crippen LogP contribution is -2.37. The predicted octanol–water partition coefficient (Wildman–Crippen LogP) is 4.17.